The van der Waals surface area contributed by atoms with E-state index in [0.29, 0.717) is 16.3 Å². The van der Waals surface area contributed by atoms with E-state index in [1.165, 1.54) is 24.4 Å². The Kier molecular flexibility index (Phi) is 8.45. The number of nitrogens with two attached hydrogens (primary N) is 1. The molecule has 0 spiro atoms. The lowest BCUT2D eigenvalue weighted by atomic mass is 10.2. The van der Waals surface area contributed by atoms with Crippen LogP contribution in [-0.4, -0.2) is 39.6 Å². The number of carbonyl (C=O) groups is 2. The first kappa shape index (κ1) is 25.7. The van der Waals surface area contributed by atoms with E-state index in [9.17, 15) is 18.0 Å². The number of primary amides is 1. The van der Waals surface area contributed by atoms with E-state index >= 15 is 0 Å². The van der Waals surface area contributed by atoms with Crippen LogP contribution in [0.15, 0.2) is 82.8 Å². The van der Waals surface area contributed by atoms with Crippen LogP contribution in [0, 0.1) is 6.92 Å². The minimum atomic E-state index is -4.06. The van der Waals surface area contributed by atoms with Gasteiger partial charge in [-0.25, -0.2) is 13.8 Å². The molecule has 11 heteroatoms. The summed E-state index contributed by atoms with van der Waals surface area (Å²) in [7, 11) is -4.06. The highest BCUT2D eigenvalue weighted by atomic mass is 35.5. The fourth-order valence-electron chi connectivity index (χ4n) is 2.92. The Balaban J connectivity index is 1.74. The molecule has 182 valence electrons. The monoisotopic (exact) mass is 514 g/mol. The summed E-state index contributed by atoms with van der Waals surface area (Å²) in [6.45, 7) is 1.03. The number of carbonyl (C=O) groups excluding carboxylic acids is 2. The van der Waals surface area contributed by atoms with E-state index in [-0.39, 0.29) is 17.2 Å². The second-order valence-electron chi connectivity index (χ2n) is 7.38. The number of benzene rings is 3. The molecule has 0 atom stereocenters. The predicted molar refractivity (Wildman–Crippen MR) is 134 cm³/mol. The summed E-state index contributed by atoms with van der Waals surface area (Å²) < 4.78 is 32.8. The lowest BCUT2D eigenvalue weighted by Crippen LogP contribution is -2.39. The van der Waals surface area contributed by atoms with Gasteiger partial charge in [0.05, 0.1) is 16.8 Å². The lowest BCUT2D eigenvalue weighted by molar-refractivity contribution is -0.120. The predicted octanol–water partition coefficient (Wildman–Crippen LogP) is 2.86. The number of amides is 2. The first-order valence-electron chi connectivity index (χ1n) is 10.3. The molecule has 0 fully saturated rings. The zero-order chi connectivity index (χ0) is 25.4. The second kappa shape index (κ2) is 11.5. The number of nitrogens with zero attached hydrogens (tertiary/aromatic N) is 2. The molecule has 0 saturated heterocycles. The van der Waals surface area contributed by atoms with Gasteiger partial charge in [0.2, 0.25) is 0 Å². The minimum Gasteiger partial charge on any atom is -0.484 e. The van der Waals surface area contributed by atoms with Crippen molar-refractivity contribution >= 4 is 45.3 Å². The van der Waals surface area contributed by atoms with E-state index in [2.05, 4.69) is 10.5 Å². The summed E-state index contributed by atoms with van der Waals surface area (Å²) in [5.74, 6) is -0.794. The van der Waals surface area contributed by atoms with Crippen molar-refractivity contribution in [2.24, 2.45) is 10.8 Å². The summed E-state index contributed by atoms with van der Waals surface area (Å²) in [6.07, 6.45) is 1.38. The number of aryl methyl sites for hydroxylation is 1. The molecule has 3 aromatic rings. The average molecular weight is 515 g/mol. The first-order valence-corrected chi connectivity index (χ1v) is 12.2. The number of hydrazone groups is 1. The van der Waals surface area contributed by atoms with Crippen LogP contribution in [0.1, 0.15) is 11.1 Å². The number of nitrogens with one attached hydrogen (secondary N) is 1. The largest absolute Gasteiger partial charge is 0.484 e. The Morgan fingerprint density at radius 1 is 1.09 bits per heavy atom. The normalized spacial score (nSPS) is 11.3. The number of hydrogen-bond acceptors (Lipinski definition) is 6. The molecule has 0 aliphatic carbocycles. The van der Waals surface area contributed by atoms with E-state index in [4.69, 9.17) is 22.1 Å². The van der Waals surface area contributed by atoms with Crippen LogP contribution in [0.3, 0.4) is 0 Å². The molecule has 0 radical (unpaired) electrons. The van der Waals surface area contributed by atoms with Gasteiger partial charge in [-0.3, -0.25) is 13.9 Å². The molecule has 0 aliphatic rings. The molecule has 0 unspecified atom stereocenters. The smallest absolute Gasteiger partial charge is 0.264 e. The van der Waals surface area contributed by atoms with Gasteiger partial charge in [-0.05, 0) is 66.6 Å². The van der Waals surface area contributed by atoms with Crippen LogP contribution in [0.5, 0.6) is 5.75 Å². The van der Waals surface area contributed by atoms with Gasteiger partial charge in [0.15, 0.2) is 6.61 Å². The molecular formula is C24H23ClN4O5S. The van der Waals surface area contributed by atoms with Crippen molar-refractivity contribution in [3.8, 4) is 5.75 Å². The van der Waals surface area contributed by atoms with Crippen LogP contribution >= 0.6 is 11.6 Å². The molecule has 9 nitrogen and oxygen atoms in total. The van der Waals surface area contributed by atoms with Gasteiger partial charge in [-0.15, -0.1) is 0 Å². The van der Waals surface area contributed by atoms with E-state index in [1.54, 1.807) is 61.5 Å². The molecule has 3 N–H and O–H groups in total. The molecular weight excluding hydrogens is 492 g/mol. The summed E-state index contributed by atoms with van der Waals surface area (Å²) in [5, 5.41) is 4.26. The molecule has 35 heavy (non-hydrogen) atoms. The molecule has 0 bridgehead atoms. The first-order chi connectivity index (χ1) is 16.7. The fraction of sp³-hybridized carbons (Fsp3) is 0.125. The van der Waals surface area contributed by atoms with Crippen molar-refractivity contribution in [3.05, 3.63) is 88.9 Å². The maximum atomic E-state index is 13.3. The van der Waals surface area contributed by atoms with E-state index in [0.717, 1.165) is 9.87 Å². The number of ether oxygens (including phenoxy) is 1. The fourth-order valence-corrected chi connectivity index (χ4v) is 4.53. The van der Waals surface area contributed by atoms with E-state index < -0.39 is 28.4 Å². The van der Waals surface area contributed by atoms with Gasteiger partial charge in [-0.2, -0.15) is 5.10 Å². The van der Waals surface area contributed by atoms with Crippen molar-refractivity contribution in [1.29, 1.82) is 0 Å². The van der Waals surface area contributed by atoms with Crippen molar-refractivity contribution < 1.29 is 22.7 Å². The molecule has 3 rings (SSSR count). The van der Waals surface area contributed by atoms with E-state index in [1.807, 2.05) is 0 Å². The number of sulfonamides is 1. The summed E-state index contributed by atoms with van der Waals surface area (Å²) in [4.78, 5) is 23.4. The average Bonchev–Trinajstić information content (AvgIpc) is 2.84. The summed E-state index contributed by atoms with van der Waals surface area (Å²) in [5.41, 5.74) is 9.02. The van der Waals surface area contributed by atoms with Crippen molar-refractivity contribution in [3.63, 3.8) is 0 Å². The molecule has 0 saturated carbocycles. The maximum absolute atomic E-state index is 13.3. The number of hydrogen-bond donors (Lipinski definition) is 2. The number of rotatable bonds is 10. The molecule has 0 heterocycles. The Bertz CT molecular complexity index is 1330. The number of halogens is 1. The van der Waals surface area contributed by atoms with Gasteiger partial charge in [-0.1, -0.05) is 35.9 Å². The van der Waals surface area contributed by atoms with Crippen LogP contribution in [0.2, 0.25) is 5.02 Å². The zero-order valence-electron chi connectivity index (χ0n) is 18.7. The standard InChI is InChI=1S/C24H23ClN4O5S/c1-17-7-10-19(13-22(17)25)29(35(32,33)21-5-3-2-4-6-21)15-24(31)28-27-14-18-8-11-20(12-9-18)34-16-23(26)30/h2-14H,15-16H2,1H3,(H2,26,30)(H,28,31)/b27-14-. The minimum absolute atomic E-state index is 0.0339. The van der Waals surface area contributed by atoms with Gasteiger partial charge < -0.3 is 10.5 Å². The third-order valence-electron chi connectivity index (χ3n) is 4.73. The Morgan fingerprint density at radius 3 is 2.40 bits per heavy atom. The molecule has 3 aromatic carbocycles. The van der Waals surface area contributed by atoms with Gasteiger partial charge >= 0.3 is 0 Å². The quantitative estimate of drug-likeness (QED) is 0.317. The third kappa shape index (κ3) is 7.05. The van der Waals surface area contributed by atoms with Gasteiger partial charge in [0.1, 0.15) is 12.3 Å². The summed E-state index contributed by atoms with van der Waals surface area (Å²) in [6, 6.07) is 19.1. The highest BCUT2D eigenvalue weighted by Crippen LogP contribution is 2.27. The van der Waals surface area contributed by atoms with Crippen molar-refractivity contribution in [2.45, 2.75) is 11.8 Å². The molecule has 0 aromatic heterocycles. The van der Waals surface area contributed by atoms with Gasteiger partial charge in [0.25, 0.3) is 21.8 Å². The highest BCUT2D eigenvalue weighted by molar-refractivity contribution is 7.92. The van der Waals surface area contributed by atoms with Crippen LogP contribution in [0.25, 0.3) is 0 Å². The SMILES string of the molecule is Cc1ccc(N(CC(=O)N/N=C\c2ccc(OCC(N)=O)cc2)S(=O)(=O)c2ccccc2)cc1Cl. The maximum Gasteiger partial charge on any atom is 0.264 e. The van der Waals surface area contributed by atoms with Crippen LogP contribution in [0.4, 0.5) is 5.69 Å². The zero-order valence-corrected chi connectivity index (χ0v) is 20.3. The van der Waals surface area contributed by atoms with Gasteiger partial charge in [0, 0.05) is 5.02 Å². The Hall–Kier alpha value is -3.89. The topological polar surface area (TPSA) is 131 Å². The van der Waals surface area contributed by atoms with Crippen LogP contribution < -0.4 is 20.2 Å². The summed E-state index contributed by atoms with van der Waals surface area (Å²) >= 11 is 6.21. The molecule has 2 amide bonds. The second-order valence-corrected chi connectivity index (χ2v) is 9.64. The Morgan fingerprint density at radius 2 is 1.77 bits per heavy atom. The molecule has 0 aliphatic heterocycles. The highest BCUT2D eigenvalue weighted by Gasteiger charge is 2.27. The van der Waals surface area contributed by atoms with Crippen molar-refractivity contribution in [2.75, 3.05) is 17.5 Å². The lowest BCUT2D eigenvalue weighted by Gasteiger charge is -2.24. The Labute approximate surface area is 208 Å². The van der Waals surface area contributed by atoms with Crippen LogP contribution in [-0.2, 0) is 19.6 Å². The number of anilines is 1. The third-order valence-corrected chi connectivity index (χ3v) is 6.92. The van der Waals surface area contributed by atoms with Crippen molar-refractivity contribution in [1.82, 2.24) is 5.43 Å².